The molecule has 3 rings (SSSR count). The lowest BCUT2D eigenvalue weighted by molar-refractivity contribution is -0.385. The van der Waals surface area contributed by atoms with Crippen molar-refractivity contribution >= 4 is 11.6 Å². The van der Waals surface area contributed by atoms with Crippen LogP contribution >= 0.6 is 0 Å². The highest BCUT2D eigenvalue weighted by atomic mass is 16.6. The van der Waals surface area contributed by atoms with Crippen LogP contribution in [0, 0.1) is 17.0 Å². The van der Waals surface area contributed by atoms with Crippen LogP contribution in [0.3, 0.4) is 0 Å². The van der Waals surface area contributed by atoms with Gasteiger partial charge in [0.15, 0.2) is 0 Å². The predicted molar refractivity (Wildman–Crippen MR) is 91.1 cm³/mol. The lowest BCUT2D eigenvalue weighted by atomic mass is 9.94. The van der Waals surface area contributed by atoms with Crippen LogP contribution in [0.4, 0.5) is 5.69 Å². The number of nitro benzene ring substituents is 1. The number of hydrogen-bond acceptors (Lipinski definition) is 4. The summed E-state index contributed by atoms with van der Waals surface area (Å²) in [6.07, 6.45) is 0.988. The van der Waals surface area contributed by atoms with E-state index in [0.29, 0.717) is 17.7 Å². The predicted octanol–water partition coefficient (Wildman–Crippen LogP) is 2.52. The van der Waals surface area contributed by atoms with Crippen LogP contribution in [0.2, 0.25) is 0 Å². The Bertz CT molecular complexity index is 789. The van der Waals surface area contributed by atoms with Gasteiger partial charge in [0.2, 0.25) is 0 Å². The van der Waals surface area contributed by atoms with E-state index in [2.05, 4.69) is 22.8 Å². The lowest BCUT2D eigenvalue weighted by Crippen LogP contribution is -2.38. The smallest absolute Gasteiger partial charge is 0.272 e. The second kappa shape index (κ2) is 6.80. The largest absolute Gasteiger partial charge is 0.350 e. The van der Waals surface area contributed by atoms with E-state index in [4.69, 9.17) is 0 Å². The molecule has 0 aliphatic carbocycles. The average molecular weight is 325 g/mol. The second-order valence-corrected chi connectivity index (χ2v) is 5.92. The number of carbonyl (C=O) groups is 1. The summed E-state index contributed by atoms with van der Waals surface area (Å²) in [5.74, 6) is -0.224. The van der Waals surface area contributed by atoms with Gasteiger partial charge in [-0.15, -0.1) is 0 Å². The Kier molecular flexibility index (Phi) is 4.57. The molecular weight excluding hydrogens is 306 g/mol. The molecule has 1 aliphatic rings. The Morgan fingerprint density at radius 2 is 2.12 bits per heavy atom. The number of aryl methyl sites for hydroxylation is 1. The van der Waals surface area contributed by atoms with Gasteiger partial charge in [0.25, 0.3) is 11.6 Å². The van der Waals surface area contributed by atoms with Crippen molar-refractivity contribution in [3.63, 3.8) is 0 Å². The number of benzene rings is 2. The van der Waals surface area contributed by atoms with E-state index < -0.39 is 4.92 Å². The number of nitro groups is 1. The quantitative estimate of drug-likeness (QED) is 0.668. The molecule has 0 saturated heterocycles. The van der Waals surface area contributed by atoms with Gasteiger partial charge in [0, 0.05) is 29.8 Å². The van der Waals surface area contributed by atoms with Crippen LogP contribution in [-0.2, 0) is 6.42 Å². The van der Waals surface area contributed by atoms with Crippen LogP contribution in [0.25, 0.3) is 0 Å². The summed E-state index contributed by atoms with van der Waals surface area (Å²) in [7, 11) is 0. The molecule has 1 unspecified atom stereocenters. The van der Waals surface area contributed by atoms with Crippen LogP contribution in [0.15, 0.2) is 42.5 Å². The van der Waals surface area contributed by atoms with E-state index in [0.717, 1.165) is 13.0 Å². The third-order valence-corrected chi connectivity index (χ3v) is 4.34. The molecule has 1 heterocycles. The number of nitrogens with zero attached hydrogens (tertiary/aromatic N) is 1. The van der Waals surface area contributed by atoms with Gasteiger partial charge in [0.1, 0.15) is 0 Å². The topological polar surface area (TPSA) is 84.3 Å². The maximum absolute atomic E-state index is 12.3. The molecule has 2 N–H and O–H groups in total. The highest BCUT2D eigenvalue weighted by molar-refractivity contribution is 5.94. The molecule has 124 valence electrons. The molecule has 1 atom stereocenters. The normalized spacial score (nSPS) is 16.3. The zero-order chi connectivity index (χ0) is 17.1. The van der Waals surface area contributed by atoms with Crippen molar-refractivity contribution in [2.45, 2.75) is 19.4 Å². The Balaban J connectivity index is 1.68. The third kappa shape index (κ3) is 3.28. The first-order valence-electron chi connectivity index (χ1n) is 7.90. The molecule has 1 amide bonds. The summed E-state index contributed by atoms with van der Waals surface area (Å²) >= 11 is 0. The molecule has 6 heteroatoms. The van der Waals surface area contributed by atoms with E-state index in [1.165, 1.54) is 23.3 Å². The zero-order valence-corrected chi connectivity index (χ0v) is 13.4. The van der Waals surface area contributed by atoms with Gasteiger partial charge < -0.3 is 10.6 Å². The van der Waals surface area contributed by atoms with E-state index in [-0.39, 0.29) is 17.6 Å². The van der Waals surface area contributed by atoms with Crippen molar-refractivity contribution < 1.29 is 9.72 Å². The molecular formula is C18H19N3O3. The molecule has 0 fully saturated rings. The van der Waals surface area contributed by atoms with Crippen molar-refractivity contribution in [3.05, 3.63) is 74.8 Å². The van der Waals surface area contributed by atoms with E-state index in [1.54, 1.807) is 13.0 Å². The van der Waals surface area contributed by atoms with Crippen LogP contribution in [0.5, 0.6) is 0 Å². The SMILES string of the molecule is Cc1cc(C(=O)NCC2NCCc3ccccc32)ccc1[N+](=O)[O-]. The molecule has 1 aliphatic heterocycles. The van der Waals surface area contributed by atoms with Gasteiger partial charge in [-0.25, -0.2) is 0 Å². The van der Waals surface area contributed by atoms with Crippen molar-refractivity contribution in [2.75, 3.05) is 13.1 Å². The maximum atomic E-state index is 12.3. The Labute approximate surface area is 140 Å². The Morgan fingerprint density at radius 3 is 2.88 bits per heavy atom. The molecule has 0 radical (unpaired) electrons. The molecule has 6 nitrogen and oxygen atoms in total. The number of nitrogens with one attached hydrogen (secondary N) is 2. The van der Waals surface area contributed by atoms with Crippen LogP contribution < -0.4 is 10.6 Å². The van der Waals surface area contributed by atoms with Gasteiger partial charge in [-0.05, 0) is 43.1 Å². The fourth-order valence-corrected chi connectivity index (χ4v) is 3.07. The molecule has 0 aromatic heterocycles. The number of amides is 1. The number of rotatable bonds is 4. The average Bonchev–Trinajstić information content (AvgIpc) is 2.59. The minimum Gasteiger partial charge on any atom is -0.350 e. The van der Waals surface area contributed by atoms with Crippen molar-refractivity contribution in [1.82, 2.24) is 10.6 Å². The van der Waals surface area contributed by atoms with Gasteiger partial charge >= 0.3 is 0 Å². The second-order valence-electron chi connectivity index (χ2n) is 5.92. The first-order chi connectivity index (χ1) is 11.6. The zero-order valence-electron chi connectivity index (χ0n) is 13.4. The van der Waals surface area contributed by atoms with E-state index in [1.807, 2.05) is 12.1 Å². The van der Waals surface area contributed by atoms with E-state index in [9.17, 15) is 14.9 Å². The fourth-order valence-electron chi connectivity index (χ4n) is 3.07. The first-order valence-corrected chi connectivity index (χ1v) is 7.90. The molecule has 0 saturated carbocycles. The number of fused-ring (bicyclic) bond motifs is 1. The fraction of sp³-hybridized carbons (Fsp3) is 0.278. The molecule has 2 aromatic carbocycles. The minimum atomic E-state index is -0.445. The molecule has 0 bridgehead atoms. The van der Waals surface area contributed by atoms with Gasteiger partial charge in [-0.1, -0.05) is 24.3 Å². The minimum absolute atomic E-state index is 0.0226. The summed E-state index contributed by atoms with van der Waals surface area (Å²) in [6, 6.07) is 12.7. The summed E-state index contributed by atoms with van der Waals surface area (Å²) in [4.78, 5) is 22.7. The Hall–Kier alpha value is -2.73. The number of hydrogen-bond donors (Lipinski definition) is 2. The van der Waals surface area contributed by atoms with E-state index >= 15 is 0 Å². The Morgan fingerprint density at radius 1 is 1.33 bits per heavy atom. The van der Waals surface area contributed by atoms with Crippen molar-refractivity contribution in [3.8, 4) is 0 Å². The third-order valence-electron chi connectivity index (χ3n) is 4.34. The molecule has 2 aromatic rings. The first kappa shape index (κ1) is 16.1. The van der Waals surface area contributed by atoms with Crippen molar-refractivity contribution in [1.29, 1.82) is 0 Å². The molecule has 0 spiro atoms. The monoisotopic (exact) mass is 325 g/mol. The molecule has 24 heavy (non-hydrogen) atoms. The van der Waals surface area contributed by atoms with Crippen molar-refractivity contribution in [2.24, 2.45) is 0 Å². The summed E-state index contributed by atoms with van der Waals surface area (Å²) in [5, 5.41) is 17.2. The standard InChI is InChI=1S/C18H19N3O3/c1-12-10-14(6-7-17(12)21(23)24)18(22)20-11-16-15-5-3-2-4-13(15)8-9-19-16/h2-7,10,16,19H,8-9,11H2,1H3,(H,20,22). The summed E-state index contributed by atoms with van der Waals surface area (Å²) < 4.78 is 0. The van der Waals surface area contributed by atoms with Crippen LogP contribution in [-0.4, -0.2) is 23.9 Å². The highest BCUT2D eigenvalue weighted by Gasteiger charge is 2.20. The summed E-state index contributed by atoms with van der Waals surface area (Å²) in [6.45, 7) is 2.99. The maximum Gasteiger partial charge on any atom is 0.272 e. The summed E-state index contributed by atoms with van der Waals surface area (Å²) in [5.41, 5.74) is 3.45. The van der Waals surface area contributed by atoms with Gasteiger partial charge in [-0.3, -0.25) is 14.9 Å². The van der Waals surface area contributed by atoms with Crippen LogP contribution in [0.1, 0.15) is 33.1 Å². The van der Waals surface area contributed by atoms with Gasteiger partial charge in [0.05, 0.1) is 4.92 Å². The highest BCUT2D eigenvalue weighted by Crippen LogP contribution is 2.22. The number of carbonyl (C=O) groups excluding carboxylic acids is 1. The van der Waals surface area contributed by atoms with Gasteiger partial charge in [-0.2, -0.15) is 0 Å². The lowest BCUT2D eigenvalue weighted by Gasteiger charge is -2.27.